The number of amidine groups is 1. The SMILES string of the molecule is CCOC(=O)C1=C(C)NC(c2cc(OC)ccn2)=NC1c1ccc(F)cc1Cl. The molecular formula is C20H19ClFN3O3. The third-order valence-electron chi connectivity index (χ3n) is 4.20. The Bertz CT molecular complexity index is 975. The molecule has 1 unspecified atom stereocenters. The molecule has 1 aliphatic heterocycles. The van der Waals surface area contributed by atoms with E-state index in [0.29, 0.717) is 34.1 Å². The maximum absolute atomic E-state index is 13.5. The third-order valence-corrected chi connectivity index (χ3v) is 4.53. The molecule has 0 spiro atoms. The Morgan fingerprint density at radius 1 is 1.32 bits per heavy atom. The van der Waals surface area contributed by atoms with Crippen LogP contribution in [-0.2, 0) is 9.53 Å². The highest BCUT2D eigenvalue weighted by Crippen LogP contribution is 2.36. The Morgan fingerprint density at radius 2 is 2.11 bits per heavy atom. The van der Waals surface area contributed by atoms with Gasteiger partial charge in [0.25, 0.3) is 0 Å². The summed E-state index contributed by atoms with van der Waals surface area (Å²) in [5.74, 6) is 0.0672. The zero-order valence-electron chi connectivity index (χ0n) is 15.6. The Labute approximate surface area is 167 Å². The molecule has 8 heteroatoms. The first-order valence-corrected chi connectivity index (χ1v) is 9.00. The van der Waals surface area contributed by atoms with Crippen molar-refractivity contribution in [2.45, 2.75) is 19.9 Å². The number of ether oxygens (including phenoxy) is 2. The average molecular weight is 404 g/mol. The number of carbonyl (C=O) groups excluding carboxylic acids is 1. The van der Waals surface area contributed by atoms with Crippen molar-refractivity contribution in [2.24, 2.45) is 4.99 Å². The van der Waals surface area contributed by atoms with Crippen molar-refractivity contribution in [3.8, 4) is 5.75 Å². The van der Waals surface area contributed by atoms with Crippen molar-refractivity contribution in [3.63, 3.8) is 0 Å². The normalized spacial score (nSPS) is 16.3. The van der Waals surface area contributed by atoms with Gasteiger partial charge in [-0.2, -0.15) is 0 Å². The van der Waals surface area contributed by atoms with Gasteiger partial charge in [0.1, 0.15) is 23.3 Å². The molecule has 0 saturated heterocycles. The van der Waals surface area contributed by atoms with Crippen LogP contribution in [0, 0.1) is 5.82 Å². The quantitative estimate of drug-likeness (QED) is 0.768. The number of carbonyl (C=O) groups is 1. The zero-order chi connectivity index (χ0) is 20.3. The predicted octanol–water partition coefficient (Wildman–Crippen LogP) is 3.81. The maximum atomic E-state index is 13.5. The number of aliphatic imine (C=N–C) groups is 1. The molecule has 1 N–H and O–H groups in total. The van der Waals surface area contributed by atoms with E-state index in [1.807, 2.05) is 0 Å². The van der Waals surface area contributed by atoms with Crippen LogP contribution in [0.4, 0.5) is 4.39 Å². The van der Waals surface area contributed by atoms with E-state index < -0.39 is 17.8 Å². The molecule has 0 saturated carbocycles. The minimum absolute atomic E-state index is 0.170. The van der Waals surface area contributed by atoms with Crippen LogP contribution in [0.15, 0.2) is 52.8 Å². The highest BCUT2D eigenvalue weighted by atomic mass is 35.5. The second-order valence-corrected chi connectivity index (χ2v) is 6.42. The Balaban J connectivity index is 2.12. The van der Waals surface area contributed by atoms with Gasteiger partial charge in [-0.15, -0.1) is 0 Å². The predicted molar refractivity (Wildman–Crippen MR) is 104 cm³/mol. The fraction of sp³-hybridized carbons (Fsp3) is 0.250. The summed E-state index contributed by atoms with van der Waals surface area (Å²) in [5, 5.41) is 3.27. The summed E-state index contributed by atoms with van der Waals surface area (Å²) in [6.45, 7) is 3.68. The van der Waals surface area contributed by atoms with Gasteiger partial charge in [-0.1, -0.05) is 17.7 Å². The topological polar surface area (TPSA) is 72.8 Å². The van der Waals surface area contributed by atoms with Crippen molar-refractivity contribution >= 4 is 23.4 Å². The standard InChI is InChI=1S/C20H19ClFN3O3/c1-4-28-20(26)17-11(2)24-19(16-10-13(27-3)7-8-23-16)25-18(17)14-6-5-12(22)9-15(14)21/h5-10,18H,4H2,1-3H3,(H,24,25). The van der Waals surface area contributed by atoms with Crippen LogP contribution < -0.4 is 10.1 Å². The van der Waals surface area contributed by atoms with Crippen molar-refractivity contribution in [1.29, 1.82) is 0 Å². The van der Waals surface area contributed by atoms with E-state index in [0.717, 1.165) is 0 Å². The van der Waals surface area contributed by atoms with Crippen molar-refractivity contribution < 1.29 is 18.7 Å². The molecule has 2 heterocycles. The number of esters is 1. The van der Waals surface area contributed by atoms with Crippen LogP contribution in [-0.4, -0.2) is 30.5 Å². The Morgan fingerprint density at radius 3 is 2.79 bits per heavy atom. The average Bonchev–Trinajstić information content (AvgIpc) is 2.67. The second kappa shape index (κ2) is 8.39. The van der Waals surface area contributed by atoms with Crippen molar-refractivity contribution in [3.05, 3.63) is 69.9 Å². The molecule has 1 aromatic carbocycles. The van der Waals surface area contributed by atoms with E-state index in [9.17, 15) is 9.18 Å². The number of halogens is 2. The number of methoxy groups -OCH3 is 1. The summed E-state index contributed by atoms with van der Waals surface area (Å²) in [6, 6.07) is 6.65. The molecule has 28 heavy (non-hydrogen) atoms. The van der Waals surface area contributed by atoms with E-state index in [1.165, 1.54) is 18.2 Å². The van der Waals surface area contributed by atoms with Gasteiger partial charge in [-0.3, -0.25) is 9.98 Å². The molecule has 0 radical (unpaired) electrons. The summed E-state index contributed by atoms with van der Waals surface area (Å²) < 4.78 is 24.0. The van der Waals surface area contributed by atoms with E-state index in [4.69, 9.17) is 21.1 Å². The highest BCUT2D eigenvalue weighted by Gasteiger charge is 2.32. The van der Waals surface area contributed by atoms with Gasteiger partial charge in [0.2, 0.25) is 0 Å². The van der Waals surface area contributed by atoms with Gasteiger partial charge in [0, 0.05) is 28.5 Å². The monoisotopic (exact) mass is 403 g/mol. The number of rotatable bonds is 5. The van der Waals surface area contributed by atoms with Crippen LogP contribution >= 0.6 is 11.6 Å². The van der Waals surface area contributed by atoms with Gasteiger partial charge in [-0.05, 0) is 32.0 Å². The number of hydrogen-bond donors (Lipinski definition) is 1. The van der Waals surface area contributed by atoms with Gasteiger partial charge >= 0.3 is 5.97 Å². The van der Waals surface area contributed by atoms with E-state index in [-0.39, 0.29) is 11.6 Å². The molecule has 0 bridgehead atoms. The lowest BCUT2D eigenvalue weighted by atomic mass is 9.95. The van der Waals surface area contributed by atoms with Crippen LogP contribution in [0.25, 0.3) is 0 Å². The summed E-state index contributed by atoms with van der Waals surface area (Å²) in [6.07, 6.45) is 1.60. The lowest BCUT2D eigenvalue weighted by Crippen LogP contribution is -2.33. The summed E-state index contributed by atoms with van der Waals surface area (Å²) >= 11 is 6.26. The Hall–Kier alpha value is -2.93. The first kappa shape index (κ1) is 19.8. The summed E-state index contributed by atoms with van der Waals surface area (Å²) in [4.78, 5) is 21.5. The van der Waals surface area contributed by atoms with Crippen molar-refractivity contribution in [2.75, 3.05) is 13.7 Å². The summed E-state index contributed by atoms with van der Waals surface area (Å²) in [5.41, 5.74) is 1.89. The van der Waals surface area contributed by atoms with Crippen LogP contribution in [0.3, 0.4) is 0 Å². The number of nitrogens with one attached hydrogen (secondary N) is 1. The summed E-state index contributed by atoms with van der Waals surface area (Å²) in [7, 11) is 1.56. The molecule has 0 fully saturated rings. The lowest BCUT2D eigenvalue weighted by Gasteiger charge is -2.26. The molecule has 146 valence electrons. The third kappa shape index (κ3) is 3.99. The van der Waals surface area contributed by atoms with Crippen LogP contribution in [0.5, 0.6) is 5.75 Å². The fourth-order valence-electron chi connectivity index (χ4n) is 2.90. The zero-order valence-corrected chi connectivity index (χ0v) is 16.4. The molecule has 0 amide bonds. The fourth-order valence-corrected chi connectivity index (χ4v) is 3.17. The Kier molecular flexibility index (Phi) is 5.94. The molecule has 6 nitrogen and oxygen atoms in total. The molecule has 1 atom stereocenters. The highest BCUT2D eigenvalue weighted by molar-refractivity contribution is 6.31. The number of allylic oxidation sites excluding steroid dienone is 1. The van der Waals surface area contributed by atoms with Gasteiger partial charge in [0.05, 0.1) is 19.3 Å². The van der Waals surface area contributed by atoms with Crippen molar-refractivity contribution in [1.82, 2.24) is 10.3 Å². The maximum Gasteiger partial charge on any atom is 0.338 e. The second-order valence-electron chi connectivity index (χ2n) is 6.01. The number of pyridine rings is 1. The minimum Gasteiger partial charge on any atom is -0.497 e. The van der Waals surface area contributed by atoms with Crippen LogP contribution in [0.1, 0.15) is 31.1 Å². The van der Waals surface area contributed by atoms with E-state index in [1.54, 1.807) is 39.3 Å². The first-order chi connectivity index (χ1) is 13.4. The first-order valence-electron chi connectivity index (χ1n) is 8.62. The number of hydrogen-bond acceptors (Lipinski definition) is 6. The number of benzene rings is 1. The van der Waals surface area contributed by atoms with E-state index in [2.05, 4.69) is 15.3 Å². The van der Waals surface area contributed by atoms with Crippen LogP contribution in [0.2, 0.25) is 5.02 Å². The van der Waals surface area contributed by atoms with Gasteiger partial charge in [-0.25, -0.2) is 9.18 Å². The molecule has 3 rings (SSSR count). The molecule has 1 aliphatic rings. The minimum atomic E-state index is -0.767. The molecule has 0 aliphatic carbocycles. The lowest BCUT2D eigenvalue weighted by molar-refractivity contribution is -0.138. The van der Waals surface area contributed by atoms with Gasteiger partial charge < -0.3 is 14.8 Å². The molecule has 1 aromatic heterocycles. The number of nitrogens with zero attached hydrogens (tertiary/aromatic N) is 2. The molecular weight excluding hydrogens is 385 g/mol. The molecule has 2 aromatic rings. The van der Waals surface area contributed by atoms with E-state index >= 15 is 0 Å². The van der Waals surface area contributed by atoms with Gasteiger partial charge in [0.15, 0.2) is 5.84 Å². The number of aromatic nitrogens is 1. The largest absolute Gasteiger partial charge is 0.497 e. The smallest absolute Gasteiger partial charge is 0.338 e.